The number of rotatable bonds is 6. The van der Waals surface area contributed by atoms with Crippen LogP contribution in [0.3, 0.4) is 0 Å². The topological polar surface area (TPSA) is 70.7 Å². The number of halogens is 1. The predicted octanol–water partition coefficient (Wildman–Crippen LogP) is 1.44. The van der Waals surface area contributed by atoms with E-state index in [1.54, 1.807) is 19.1 Å². The number of anilines is 1. The van der Waals surface area contributed by atoms with Crippen molar-refractivity contribution < 1.29 is 13.2 Å². The van der Waals surface area contributed by atoms with Crippen molar-refractivity contribution in [3.63, 3.8) is 0 Å². The minimum Gasteiger partial charge on any atom is -0.379 e. The quantitative estimate of drug-likeness (QED) is 0.826. The Bertz CT molecular complexity index is 574. The molecule has 1 aromatic carbocycles. The Morgan fingerprint density at radius 1 is 1.33 bits per heavy atom. The van der Waals surface area contributed by atoms with Crippen molar-refractivity contribution in [2.75, 3.05) is 37.6 Å². The first-order chi connectivity index (χ1) is 10.00. The predicted molar refractivity (Wildman–Crippen MR) is 83.8 cm³/mol. The van der Waals surface area contributed by atoms with Crippen LogP contribution in [0.25, 0.3) is 0 Å². The molecule has 1 fully saturated rings. The molecular formula is C13H20ClN3O3S. The summed E-state index contributed by atoms with van der Waals surface area (Å²) in [6.45, 7) is 6.02. The van der Waals surface area contributed by atoms with Gasteiger partial charge in [-0.25, -0.2) is 0 Å². The Morgan fingerprint density at radius 3 is 2.67 bits per heavy atom. The summed E-state index contributed by atoms with van der Waals surface area (Å²) in [5.41, 5.74) is 1.43. The third kappa shape index (κ3) is 5.12. The van der Waals surface area contributed by atoms with Gasteiger partial charge in [0.1, 0.15) is 0 Å². The van der Waals surface area contributed by atoms with Gasteiger partial charge in [-0.3, -0.25) is 9.62 Å². The molecule has 6 nitrogen and oxygen atoms in total. The lowest BCUT2D eigenvalue weighted by Gasteiger charge is -2.27. The van der Waals surface area contributed by atoms with E-state index in [9.17, 15) is 8.42 Å². The summed E-state index contributed by atoms with van der Waals surface area (Å²) in [5, 5.41) is 0.554. The minimum absolute atomic E-state index is 0.332. The van der Waals surface area contributed by atoms with Crippen LogP contribution >= 0.6 is 11.6 Å². The van der Waals surface area contributed by atoms with Crippen molar-refractivity contribution in [3.05, 3.63) is 28.8 Å². The zero-order valence-corrected chi connectivity index (χ0v) is 13.5. The Labute approximate surface area is 130 Å². The Kier molecular flexibility index (Phi) is 5.83. The van der Waals surface area contributed by atoms with Crippen molar-refractivity contribution in [1.29, 1.82) is 0 Å². The number of morpholine rings is 1. The van der Waals surface area contributed by atoms with Crippen LogP contribution in [0.5, 0.6) is 0 Å². The van der Waals surface area contributed by atoms with Crippen molar-refractivity contribution in [2.24, 2.45) is 0 Å². The average Bonchev–Trinajstić information content (AvgIpc) is 2.42. The molecule has 8 heteroatoms. The second kappa shape index (κ2) is 7.42. The number of benzene rings is 1. The molecular weight excluding hydrogens is 314 g/mol. The van der Waals surface area contributed by atoms with Gasteiger partial charge in [0.15, 0.2) is 0 Å². The fourth-order valence-corrected chi connectivity index (χ4v) is 3.25. The molecule has 0 unspecified atom stereocenters. The Morgan fingerprint density at radius 2 is 2.05 bits per heavy atom. The number of nitrogens with one attached hydrogen (secondary N) is 2. The summed E-state index contributed by atoms with van der Waals surface area (Å²) in [7, 11) is -3.53. The van der Waals surface area contributed by atoms with E-state index in [2.05, 4.69) is 14.3 Å². The van der Waals surface area contributed by atoms with Gasteiger partial charge in [0.2, 0.25) is 0 Å². The van der Waals surface area contributed by atoms with Crippen molar-refractivity contribution >= 4 is 27.5 Å². The largest absolute Gasteiger partial charge is 0.379 e. The normalized spacial score (nSPS) is 16.9. The first kappa shape index (κ1) is 16.5. The SMILES string of the molecule is CCNS(=O)(=O)Nc1ccc(CN2CCOCC2)c(Cl)c1. The highest BCUT2D eigenvalue weighted by Crippen LogP contribution is 2.23. The molecule has 0 bridgehead atoms. The van der Waals surface area contributed by atoms with Gasteiger partial charge in [-0.2, -0.15) is 13.1 Å². The summed E-state index contributed by atoms with van der Waals surface area (Å²) in [6.07, 6.45) is 0. The smallest absolute Gasteiger partial charge is 0.299 e. The first-order valence-electron chi connectivity index (χ1n) is 6.86. The third-order valence-corrected chi connectivity index (χ3v) is 4.66. The van der Waals surface area contributed by atoms with Crippen LogP contribution in [-0.4, -0.2) is 46.2 Å². The molecule has 0 aromatic heterocycles. The van der Waals surface area contributed by atoms with Crippen LogP contribution in [0.1, 0.15) is 12.5 Å². The van der Waals surface area contributed by atoms with E-state index in [-0.39, 0.29) is 0 Å². The number of ether oxygens (including phenoxy) is 1. The molecule has 118 valence electrons. The van der Waals surface area contributed by atoms with E-state index in [0.29, 0.717) is 17.3 Å². The van der Waals surface area contributed by atoms with Crippen LogP contribution in [0.4, 0.5) is 5.69 Å². The zero-order valence-electron chi connectivity index (χ0n) is 11.9. The van der Waals surface area contributed by atoms with Gasteiger partial charge in [0.05, 0.1) is 18.9 Å². The van der Waals surface area contributed by atoms with Crippen molar-refractivity contribution in [3.8, 4) is 0 Å². The first-order valence-corrected chi connectivity index (χ1v) is 8.72. The Hall–Kier alpha value is -0.860. The number of hydrogen-bond acceptors (Lipinski definition) is 4. The molecule has 0 amide bonds. The maximum atomic E-state index is 11.6. The van der Waals surface area contributed by atoms with E-state index in [0.717, 1.165) is 38.4 Å². The van der Waals surface area contributed by atoms with E-state index in [4.69, 9.17) is 16.3 Å². The van der Waals surface area contributed by atoms with E-state index < -0.39 is 10.2 Å². The molecule has 0 atom stereocenters. The van der Waals surface area contributed by atoms with Gasteiger partial charge >= 0.3 is 0 Å². The van der Waals surface area contributed by atoms with Crippen LogP contribution in [0, 0.1) is 0 Å². The lowest BCUT2D eigenvalue weighted by molar-refractivity contribution is 0.0342. The fraction of sp³-hybridized carbons (Fsp3) is 0.538. The molecule has 21 heavy (non-hydrogen) atoms. The van der Waals surface area contributed by atoms with Crippen LogP contribution in [0.2, 0.25) is 5.02 Å². The molecule has 1 aliphatic heterocycles. The van der Waals surface area contributed by atoms with Gasteiger partial charge in [0.25, 0.3) is 10.2 Å². The van der Waals surface area contributed by atoms with Gasteiger partial charge in [-0.15, -0.1) is 0 Å². The molecule has 1 saturated heterocycles. The molecule has 0 spiro atoms. The highest BCUT2D eigenvalue weighted by molar-refractivity contribution is 7.90. The van der Waals surface area contributed by atoms with Crippen LogP contribution < -0.4 is 9.44 Å². The van der Waals surface area contributed by atoms with E-state index >= 15 is 0 Å². The third-order valence-electron chi connectivity index (χ3n) is 3.14. The van der Waals surface area contributed by atoms with Gasteiger partial charge in [-0.1, -0.05) is 24.6 Å². The molecule has 0 aliphatic carbocycles. The van der Waals surface area contributed by atoms with Crippen LogP contribution in [0.15, 0.2) is 18.2 Å². The van der Waals surface area contributed by atoms with E-state index in [1.165, 1.54) is 0 Å². The molecule has 1 heterocycles. The second-order valence-corrected chi connectivity index (χ2v) is 6.70. The highest BCUT2D eigenvalue weighted by atomic mass is 35.5. The van der Waals surface area contributed by atoms with Gasteiger partial charge in [-0.05, 0) is 17.7 Å². The molecule has 2 rings (SSSR count). The lowest BCUT2D eigenvalue weighted by Crippen LogP contribution is -2.35. The summed E-state index contributed by atoms with van der Waals surface area (Å²) < 4.78 is 33.4. The Balaban J connectivity index is 2.03. The molecule has 2 N–H and O–H groups in total. The second-order valence-electron chi connectivity index (χ2n) is 4.80. The maximum absolute atomic E-state index is 11.6. The summed E-state index contributed by atoms with van der Waals surface area (Å²) in [6, 6.07) is 5.20. The van der Waals surface area contributed by atoms with Crippen LogP contribution in [-0.2, 0) is 21.5 Å². The van der Waals surface area contributed by atoms with Gasteiger partial charge in [0, 0.05) is 31.2 Å². The summed E-state index contributed by atoms with van der Waals surface area (Å²) in [5.74, 6) is 0. The standard InChI is InChI=1S/C13H20ClN3O3S/c1-2-15-21(18,19)16-12-4-3-11(13(14)9-12)10-17-5-7-20-8-6-17/h3-4,9,15-16H,2,5-8,10H2,1H3. The monoisotopic (exact) mass is 333 g/mol. The molecule has 0 radical (unpaired) electrons. The van der Waals surface area contributed by atoms with Gasteiger partial charge < -0.3 is 4.74 Å². The maximum Gasteiger partial charge on any atom is 0.299 e. The molecule has 0 saturated carbocycles. The summed E-state index contributed by atoms with van der Waals surface area (Å²) >= 11 is 6.24. The van der Waals surface area contributed by atoms with E-state index in [1.807, 2.05) is 6.07 Å². The number of nitrogens with zero attached hydrogens (tertiary/aromatic N) is 1. The zero-order chi connectivity index (χ0) is 15.3. The number of hydrogen-bond donors (Lipinski definition) is 2. The molecule has 1 aromatic rings. The van der Waals surface area contributed by atoms with Crippen molar-refractivity contribution in [2.45, 2.75) is 13.5 Å². The fourth-order valence-electron chi connectivity index (χ4n) is 2.12. The average molecular weight is 334 g/mol. The summed E-state index contributed by atoms with van der Waals surface area (Å²) in [4.78, 5) is 2.26. The minimum atomic E-state index is -3.53. The molecule has 1 aliphatic rings. The van der Waals surface area contributed by atoms with Crippen molar-refractivity contribution in [1.82, 2.24) is 9.62 Å². The lowest BCUT2D eigenvalue weighted by atomic mass is 10.2. The highest BCUT2D eigenvalue weighted by Gasteiger charge is 2.14.